The molecule has 0 aromatic carbocycles. The van der Waals surface area contributed by atoms with Gasteiger partial charge >= 0.3 is 0 Å². The van der Waals surface area contributed by atoms with E-state index in [2.05, 4.69) is 6.92 Å². The highest BCUT2D eigenvalue weighted by Crippen LogP contribution is 2.51. The van der Waals surface area contributed by atoms with Crippen LogP contribution in [0.15, 0.2) is 0 Å². The molecule has 2 aliphatic rings. The Morgan fingerprint density at radius 2 is 1.69 bits per heavy atom. The molecular formula is C12H22O. The van der Waals surface area contributed by atoms with E-state index in [-0.39, 0.29) is 0 Å². The Balaban J connectivity index is 1.90. The van der Waals surface area contributed by atoms with Crippen molar-refractivity contribution in [1.82, 2.24) is 0 Å². The zero-order valence-corrected chi connectivity index (χ0v) is 9.01. The number of methoxy groups -OCH3 is 1. The van der Waals surface area contributed by atoms with Crippen molar-refractivity contribution in [3.8, 4) is 0 Å². The van der Waals surface area contributed by atoms with Gasteiger partial charge < -0.3 is 4.74 Å². The summed E-state index contributed by atoms with van der Waals surface area (Å²) in [5.41, 5.74) is 0.744. The van der Waals surface area contributed by atoms with E-state index in [1.165, 1.54) is 44.9 Å². The Hall–Kier alpha value is -0.0400. The molecule has 0 bridgehead atoms. The molecule has 0 aromatic rings. The maximum atomic E-state index is 5.42. The zero-order valence-electron chi connectivity index (χ0n) is 9.01. The first-order chi connectivity index (χ1) is 6.24. The van der Waals surface area contributed by atoms with E-state index in [1.807, 2.05) is 7.11 Å². The third-order valence-corrected chi connectivity index (χ3v) is 4.28. The fourth-order valence-corrected chi connectivity index (χ4v) is 3.39. The predicted octanol–water partition coefficient (Wildman–Crippen LogP) is 3.38. The fraction of sp³-hybridized carbons (Fsp3) is 1.00. The molecule has 2 rings (SSSR count). The van der Waals surface area contributed by atoms with Crippen LogP contribution in [0.25, 0.3) is 0 Å². The third kappa shape index (κ3) is 1.90. The summed E-state index contributed by atoms with van der Waals surface area (Å²) in [6.07, 6.45) is 10.5. The molecule has 0 radical (unpaired) electrons. The minimum Gasteiger partial charge on any atom is -0.381 e. The lowest BCUT2D eigenvalue weighted by Crippen LogP contribution is -2.28. The number of hydrogen-bond acceptors (Lipinski definition) is 1. The summed E-state index contributed by atoms with van der Waals surface area (Å²) in [4.78, 5) is 0. The van der Waals surface area contributed by atoms with Crippen LogP contribution in [-0.4, -0.2) is 13.2 Å². The van der Waals surface area contributed by atoms with Crippen LogP contribution in [0.2, 0.25) is 0 Å². The van der Waals surface area contributed by atoms with E-state index in [9.17, 15) is 0 Å². The molecule has 0 unspecified atom stereocenters. The Morgan fingerprint density at radius 3 is 2.15 bits per heavy atom. The van der Waals surface area contributed by atoms with Crippen LogP contribution in [0.5, 0.6) is 0 Å². The first-order valence-electron chi connectivity index (χ1n) is 5.77. The second kappa shape index (κ2) is 3.61. The monoisotopic (exact) mass is 182 g/mol. The summed E-state index contributed by atoms with van der Waals surface area (Å²) in [6, 6.07) is 0. The molecular weight excluding hydrogens is 160 g/mol. The standard InChI is InChI=1S/C12H22O/c1-10-3-6-12(9-10)7-4-11(13-2)5-8-12/h10-11H,3-9H2,1-2H3/t10-,11?,12?/m1/s1. The van der Waals surface area contributed by atoms with Crippen LogP contribution < -0.4 is 0 Å². The van der Waals surface area contributed by atoms with Crippen LogP contribution in [0.4, 0.5) is 0 Å². The van der Waals surface area contributed by atoms with Crippen LogP contribution >= 0.6 is 0 Å². The summed E-state index contributed by atoms with van der Waals surface area (Å²) in [6.45, 7) is 2.41. The van der Waals surface area contributed by atoms with E-state index in [4.69, 9.17) is 4.74 Å². The summed E-state index contributed by atoms with van der Waals surface area (Å²) < 4.78 is 5.42. The van der Waals surface area contributed by atoms with E-state index in [0.29, 0.717) is 6.10 Å². The summed E-state index contributed by atoms with van der Waals surface area (Å²) in [7, 11) is 1.86. The van der Waals surface area contributed by atoms with Crippen molar-refractivity contribution >= 4 is 0 Å². The topological polar surface area (TPSA) is 9.23 Å². The molecule has 1 atom stereocenters. The number of rotatable bonds is 1. The van der Waals surface area contributed by atoms with E-state index in [0.717, 1.165) is 11.3 Å². The average molecular weight is 182 g/mol. The van der Waals surface area contributed by atoms with Gasteiger partial charge in [-0.2, -0.15) is 0 Å². The predicted molar refractivity (Wildman–Crippen MR) is 54.7 cm³/mol. The minimum absolute atomic E-state index is 0.571. The van der Waals surface area contributed by atoms with Gasteiger partial charge in [-0.1, -0.05) is 13.3 Å². The SMILES string of the molecule is COC1CCC2(CC1)CC[C@@H](C)C2. The van der Waals surface area contributed by atoms with Crippen LogP contribution in [0, 0.1) is 11.3 Å². The van der Waals surface area contributed by atoms with Crippen molar-refractivity contribution in [1.29, 1.82) is 0 Å². The lowest BCUT2D eigenvalue weighted by molar-refractivity contribution is 0.0275. The van der Waals surface area contributed by atoms with Crippen molar-refractivity contribution in [2.45, 2.75) is 58.0 Å². The molecule has 13 heavy (non-hydrogen) atoms. The molecule has 0 amide bonds. The Kier molecular flexibility index (Phi) is 2.64. The minimum atomic E-state index is 0.571. The van der Waals surface area contributed by atoms with E-state index < -0.39 is 0 Å². The number of hydrogen-bond donors (Lipinski definition) is 0. The largest absolute Gasteiger partial charge is 0.381 e. The molecule has 76 valence electrons. The Bertz CT molecular complexity index is 168. The van der Waals surface area contributed by atoms with Gasteiger partial charge in [0.2, 0.25) is 0 Å². The lowest BCUT2D eigenvalue weighted by atomic mass is 9.71. The zero-order chi connectivity index (χ0) is 9.31. The quantitative estimate of drug-likeness (QED) is 0.604. The van der Waals surface area contributed by atoms with Crippen LogP contribution in [0.1, 0.15) is 51.9 Å². The van der Waals surface area contributed by atoms with E-state index in [1.54, 1.807) is 0 Å². The highest BCUT2D eigenvalue weighted by atomic mass is 16.5. The molecule has 0 N–H and O–H groups in total. The summed E-state index contributed by atoms with van der Waals surface area (Å²) in [5, 5.41) is 0. The summed E-state index contributed by atoms with van der Waals surface area (Å²) in [5.74, 6) is 0.985. The second-order valence-corrected chi connectivity index (χ2v) is 5.28. The number of ether oxygens (including phenoxy) is 1. The van der Waals surface area contributed by atoms with Gasteiger partial charge in [0.1, 0.15) is 0 Å². The van der Waals surface area contributed by atoms with Crippen LogP contribution in [-0.2, 0) is 4.74 Å². The van der Waals surface area contributed by atoms with Gasteiger partial charge in [-0.15, -0.1) is 0 Å². The molecule has 2 saturated carbocycles. The van der Waals surface area contributed by atoms with Crippen molar-refractivity contribution < 1.29 is 4.74 Å². The average Bonchev–Trinajstić information content (AvgIpc) is 2.49. The van der Waals surface area contributed by atoms with Gasteiger partial charge in [0.05, 0.1) is 6.10 Å². The molecule has 2 fully saturated rings. The maximum Gasteiger partial charge on any atom is 0.0571 e. The second-order valence-electron chi connectivity index (χ2n) is 5.28. The molecule has 1 nitrogen and oxygen atoms in total. The van der Waals surface area contributed by atoms with Gasteiger partial charge in [-0.25, -0.2) is 0 Å². The third-order valence-electron chi connectivity index (χ3n) is 4.28. The molecule has 0 aliphatic heterocycles. The molecule has 0 aromatic heterocycles. The van der Waals surface area contributed by atoms with Crippen molar-refractivity contribution in [2.24, 2.45) is 11.3 Å². The maximum absolute atomic E-state index is 5.42. The molecule has 1 heteroatoms. The van der Waals surface area contributed by atoms with Crippen molar-refractivity contribution in [3.05, 3.63) is 0 Å². The highest BCUT2D eigenvalue weighted by Gasteiger charge is 2.40. The smallest absolute Gasteiger partial charge is 0.0571 e. The van der Waals surface area contributed by atoms with Crippen LogP contribution in [0.3, 0.4) is 0 Å². The molecule has 1 spiro atoms. The highest BCUT2D eigenvalue weighted by molar-refractivity contribution is 4.91. The fourth-order valence-electron chi connectivity index (χ4n) is 3.39. The lowest BCUT2D eigenvalue weighted by Gasteiger charge is -2.36. The molecule has 0 heterocycles. The van der Waals surface area contributed by atoms with Gasteiger partial charge in [0.25, 0.3) is 0 Å². The first kappa shape index (κ1) is 9.51. The van der Waals surface area contributed by atoms with Crippen molar-refractivity contribution in [2.75, 3.05) is 7.11 Å². The molecule has 2 aliphatic carbocycles. The van der Waals surface area contributed by atoms with Gasteiger partial charge in [0, 0.05) is 7.11 Å². The van der Waals surface area contributed by atoms with Crippen molar-refractivity contribution in [3.63, 3.8) is 0 Å². The normalized spacial score (nSPS) is 45.7. The van der Waals surface area contributed by atoms with Gasteiger partial charge in [-0.3, -0.25) is 0 Å². The Morgan fingerprint density at radius 1 is 1.08 bits per heavy atom. The molecule has 0 saturated heterocycles. The van der Waals surface area contributed by atoms with Gasteiger partial charge in [0.15, 0.2) is 0 Å². The van der Waals surface area contributed by atoms with Gasteiger partial charge in [-0.05, 0) is 49.9 Å². The van der Waals surface area contributed by atoms with E-state index >= 15 is 0 Å². The summed E-state index contributed by atoms with van der Waals surface area (Å²) >= 11 is 0. The Labute approximate surface area is 81.9 Å². The first-order valence-corrected chi connectivity index (χ1v) is 5.77.